The van der Waals surface area contributed by atoms with Gasteiger partial charge < -0.3 is 15.1 Å². The largest absolute Gasteiger partial charge is 0.446 e. The van der Waals surface area contributed by atoms with Gasteiger partial charge in [-0.2, -0.15) is 0 Å². The molecule has 1 saturated heterocycles. The molecule has 0 saturated carbocycles. The number of nitrogens with zero attached hydrogens (tertiary/aromatic N) is 1. The van der Waals surface area contributed by atoms with Crippen LogP contribution in [0.4, 0.5) is 5.88 Å². The van der Waals surface area contributed by atoms with E-state index < -0.39 is 0 Å². The molecule has 0 radical (unpaired) electrons. The maximum Gasteiger partial charge on any atom is 0.195 e. The third-order valence-electron chi connectivity index (χ3n) is 3.27. The Labute approximate surface area is 110 Å². The molecule has 2 rings (SSSR count). The van der Waals surface area contributed by atoms with Crippen molar-refractivity contribution in [1.82, 2.24) is 0 Å². The lowest BCUT2D eigenvalue weighted by molar-refractivity contribution is 0.408. The number of halogens is 1. The molecule has 98 valence electrons. The first-order valence-corrected chi connectivity index (χ1v) is 6.24. The van der Waals surface area contributed by atoms with E-state index in [4.69, 9.17) is 10.2 Å². The Morgan fingerprint density at radius 2 is 2.06 bits per heavy atom. The van der Waals surface area contributed by atoms with E-state index in [2.05, 4.69) is 24.0 Å². The van der Waals surface area contributed by atoms with Gasteiger partial charge in [0.05, 0.1) is 0 Å². The highest BCUT2D eigenvalue weighted by molar-refractivity contribution is 5.85. The fraction of sp³-hybridized carbons (Fsp3) is 0.692. The van der Waals surface area contributed by atoms with Crippen molar-refractivity contribution in [3.8, 4) is 0 Å². The van der Waals surface area contributed by atoms with E-state index in [1.165, 1.54) is 12.8 Å². The Morgan fingerprint density at radius 1 is 1.41 bits per heavy atom. The summed E-state index contributed by atoms with van der Waals surface area (Å²) in [4.78, 5) is 2.34. The van der Waals surface area contributed by atoms with Crippen molar-refractivity contribution in [3.63, 3.8) is 0 Å². The van der Waals surface area contributed by atoms with E-state index >= 15 is 0 Å². The smallest absolute Gasteiger partial charge is 0.195 e. The van der Waals surface area contributed by atoms with Gasteiger partial charge in [0.1, 0.15) is 5.76 Å². The summed E-state index contributed by atoms with van der Waals surface area (Å²) in [5.41, 5.74) is 5.76. The zero-order valence-corrected chi connectivity index (χ0v) is 11.5. The number of piperidine rings is 1. The van der Waals surface area contributed by atoms with Gasteiger partial charge in [0.25, 0.3) is 0 Å². The van der Waals surface area contributed by atoms with Crippen LogP contribution in [0.2, 0.25) is 0 Å². The quantitative estimate of drug-likeness (QED) is 0.907. The lowest BCUT2D eigenvalue weighted by atomic mass is 9.99. The van der Waals surface area contributed by atoms with Crippen LogP contribution in [0.5, 0.6) is 0 Å². The second-order valence-electron chi connectivity index (χ2n) is 5.09. The molecule has 4 heteroatoms. The zero-order valence-electron chi connectivity index (χ0n) is 10.7. The molecule has 0 amide bonds. The third-order valence-corrected chi connectivity index (χ3v) is 3.27. The maximum atomic E-state index is 5.82. The molecule has 1 aliphatic heterocycles. The van der Waals surface area contributed by atoms with Gasteiger partial charge in [0.15, 0.2) is 5.88 Å². The fourth-order valence-electron chi connectivity index (χ4n) is 2.19. The number of hydrogen-bond donors (Lipinski definition) is 1. The lowest BCUT2D eigenvalue weighted by Gasteiger charge is -2.29. The predicted molar refractivity (Wildman–Crippen MR) is 73.9 cm³/mol. The van der Waals surface area contributed by atoms with E-state index in [0.717, 1.165) is 37.1 Å². The molecule has 0 bridgehead atoms. The van der Waals surface area contributed by atoms with E-state index in [1.807, 2.05) is 6.92 Å². The molecule has 1 unspecified atom stereocenters. The van der Waals surface area contributed by atoms with Crippen molar-refractivity contribution in [3.05, 3.63) is 17.9 Å². The summed E-state index contributed by atoms with van der Waals surface area (Å²) >= 11 is 0. The minimum atomic E-state index is 0. The summed E-state index contributed by atoms with van der Waals surface area (Å²) < 4.78 is 5.82. The summed E-state index contributed by atoms with van der Waals surface area (Å²) in [6.07, 6.45) is 3.36. The molecule has 1 aromatic rings. The fourth-order valence-corrected chi connectivity index (χ4v) is 2.19. The molecular weight excluding hydrogens is 236 g/mol. The summed E-state index contributed by atoms with van der Waals surface area (Å²) in [7, 11) is 0. The Balaban J connectivity index is 0.00000144. The molecule has 1 fully saturated rings. The maximum absolute atomic E-state index is 5.82. The van der Waals surface area contributed by atoms with Crippen LogP contribution in [0.15, 0.2) is 16.5 Å². The second kappa shape index (κ2) is 6.31. The monoisotopic (exact) mass is 258 g/mol. The van der Waals surface area contributed by atoms with E-state index in [-0.39, 0.29) is 18.4 Å². The number of hydrogen-bond acceptors (Lipinski definition) is 3. The van der Waals surface area contributed by atoms with Crippen LogP contribution in [0.1, 0.15) is 32.4 Å². The minimum Gasteiger partial charge on any atom is -0.446 e. The first-order valence-electron chi connectivity index (χ1n) is 6.24. The Morgan fingerprint density at radius 3 is 2.65 bits per heavy atom. The van der Waals surface area contributed by atoms with Gasteiger partial charge in [-0.15, -0.1) is 12.4 Å². The molecule has 1 atom stereocenters. The molecular formula is C13H23ClN2O. The van der Waals surface area contributed by atoms with Crippen LogP contribution in [0, 0.1) is 5.92 Å². The van der Waals surface area contributed by atoms with Crippen LogP contribution < -0.4 is 10.6 Å². The molecule has 1 aliphatic rings. The van der Waals surface area contributed by atoms with Crippen LogP contribution in [0.25, 0.3) is 0 Å². The van der Waals surface area contributed by atoms with Crippen LogP contribution in [-0.4, -0.2) is 19.1 Å². The summed E-state index contributed by atoms with van der Waals surface area (Å²) in [6, 6.07) is 4.30. The molecule has 2 heterocycles. The topological polar surface area (TPSA) is 42.4 Å². The van der Waals surface area contributed by atoms with Crippen molar-refractivity contribution in [2.24, 2.45) is 11.7 Å². The average Bonchev–Trinajstić information content (AvgIpc) is 2.66. The van der Waals surface area contributed by atoms with Crippen molar-refractivity contribution >= 4 is 18.3 Å². The van der Waals surface area contributed by atoms with Gasteiger partial charge in [0, 0.05) is 31.6 Å². The Hall–Kier alpha value is -0.670. The van der Waals surface area contributed by atoms with Gasteiger partial charge in [-0.05, 0) is 31.7 Å². The minimum absolute atomic E-state index is 0. The molecule has 0 spiro atoms. The Bertz CT molecular complexity index is 330. The molecule has 0 aliphatic carbocycles. The lowest BCUT2D eigenvalue weighted by Crippen LogP contribution is -2.32. The van der Waals surface area contributed by atoms with Gasteiger partial charge in [-0.1, -0.05) is 6.92 Å². The predicted octanol–water partition coefficient (Wildman–Crippen LogP) is 2.83. The number of rotatable bonds is 3. The van der Waals surface area contributed by atoms with Gasteiger partial charge >= 0.3 is 0 Å². The van der Waals surface area contributed by atoms with E-state index in [0.29, 0.717) is 0 Å². The van der Waals surface area contributed by atoms with Crippen molar-refractivity contribution in [2.45, 2.75) is 39.2 Å². The van der Waals surface area contributed by atoms with Crippen molar-refractivity contribution in [1.29, 1.82) is 0 Å². The highest BCUT2D eigenvalue weighted by atomic mass is 35.5. The Kier molecular flexibility index (Phi) is 5.34. The highest BCUT2D eigenvalue weighted by Crippen LogP contribution is 2.25. The van der Waals surface area contributed by atoms with E-state index in [1.54, 1.807) is 0 Å². The summed E-state index contributed by atoms with van der Waals surface area (Å²) in [6.45, 7) is 6.56. The molecule has 1 aromatic heterocycles. The highest BCUT2D eigenvalue weighted by Gasteiger charge is 2.18. The number of furan rings is 1. The van der Waals surface area contributed by atoms with Crippen molar-refractivity contribution < 1.29 is 4.42 Å². The second-order valence-corrected chi connectivity index (χ2v) is 5.09. The van der Waals surface area contributed by atoms with Gasteiger partial charge in [-0.3, -0.25) is 0 Å². The summed E-state index contributed by atoms with van der Waals surface area (Å²) in [5, 5.41) is 0. The van der Waals surface area contributed by atoms with Crippen molar-refractivity contribution in [2.75, 3.05) is 18.0 Å². The molecule has 3 nitrogen and oxygen atoms in total. The first-order chi connectivity index (χ1) is 7.65. The van der Waals surface area contributed by atoms with Gasteiger partial charge in [0.2, 0.25) is 0 Å². The van der Waals surface area contributed by atoms with Crippen LogP contribution in [-0.2, 0) is 6.42 Å². The molecule has 2 N–H and O–H groups in total. The third kappa shape index (κ3) is 3.93. The van der Waals surface area contributed by atoms with Crippen LogP contribution in [0.3, 0.4) is 0 Å². The first kappa shape index (κ1) is 14.4. The number of nitrogens with two attached hydrogens (primary N) is 1. The SMILES string of the molecule is CC(N)Cc1ccc(N2CCC(C)CC2)o1.Cl. The molecule has 17 heavy (non-hydrogen) atoms. The van der Waals surface area contributed by atoms with Gasteiger partial charge in [-0.25, -0.2) is 0 Å². The van der Waals surface area contributed by atoms with Crippen LogP contribution >= 0.6 is 12.4 Å². The number of anilines is 1. The summed E-state index contributed by atoms with van der Waals surface area (Å²) in [5.74, 6) is 2.88. The average molecular weight is 259 g/mol. The standard InChI is InChI=1S/C13H22N2O.ClH/c1-10-5-7-15(8-6-10)13-4-3-12(16-13)9-11(2)14;/h3-4,10-11H,5-9,14H2,1-2H3;1H. The molecule has 0 aromatic carbocycles. The zero-order chi connectivity index (χ0) is 11.5. The normalized spacial score (nSPS) is 18.9. The van der Waals surface area contributed by atoms with E-state index in [9.17, 15) is 0 Å².